The first-order valence-corrected chi connectivity index (χ1v) is 13.9. The number of unbranched alkanes of at least 4 members (excludes halogenated alkanes) is 2. The lowest BCUT2D eigenvalue weighted by Crippen LogP contribution is -2.46. The molecule has 4 aromatic rings. The standard InChI is InChI=1S/C26H32N4O2S2/c31-25-29(21-9-1-3-11-23(21)33-25)15-7-5-13-27-17-19-28(20-18-27)14-6-8-16-30-22-10-2-4-12-24(22)34-26(30)32/h1-4,9-12H,5-8,13-20H2. The van der Waals surface area contributed by atoms with E-state index in [-0.39, 0.29) is 9.75 Å². The Hall–Kier alpha value is -2.26. The van der Waals surface area contributed by atoms with Crippen LogP contribution in [0, 0.1) is 0 Å². The van der Waals surface area contributed by atoms with Gasteiger partial charge in [-0.05, 0) is 63.0 Å². The van der Waals surface area contributed by atoms with Gasteiger partial charge in [-0.15, -0.1) is 0 Å². The summed E-state index contributed by atoms with van der Waals surface area (Å²) >= 11 is 2.70. The van der Waals surface area contributed by atoms with Gasteiger partial charge in [0, 0.05) is 39.3 Å². The number of rotatable bonds is 10. The molecule has 6 nitrogen and oxygen atoms in total. The van der Waals surface area contributed by atoms with Gasteiger partial charge in [-0.25, -0.2) is 0 Å². The molecule has 0 radical (unpaired) electrons. The predicted octanol–water partition coefficient (Wildman–Crippen LogP) is 4.32. The molecule has 8 heteroatoms. The molecule has 0 aliphatic carbocycles. The third kappa shape index (κ3) is 5.35. The highest BCUT2D eigenvalue weighted by molar-refractivity contribution is 7.16. The van der Waals surface area contributed by atoms with E-state index < -0.39 is 0 Å². The van der Waals surface area contributed by atoms with E-state index in [1.807, 2.05) is 57.7 Å². The Labute approximate surface area is 207 Å². The van der Waals surface area contributed by atoms with Crippen molar-refractivity contribution in [2.75, 3.05) is 39.3 Å². The van der Waals surface area contributed by atoms with Crippen molar-refractivity contribution in [3.63, 3.8) is 0 Å². The third-order valence-corrected chi connectivity index (χ3v) is 8.74. The molecule has 0 unspecified atom stereocenters. The molecule has 2 aromatic carbocycles. The lowest BCUT2D eigenvalue weighted by atomic mass is 10.2. The smallest absolute Gasteiger partial charge is 0.301 e. The summed E-state index contributed by atoms with van der Waals surface area (Å²) in [5.74, 6) is 0. The van der Waals surface area contributed by atoms with Crippen LogP contribution in [0.5, 0.6) is 0 Å². The topological polar surface area (TPSA) is 50.5 Å². The minimum Gasteiger partial charge on any atom is -0.301 e. The molecule has 0 spiro atoms. The Morgan fingerprint density at radius 1 is 0.559 bits per heavy atom. The summed E-state index contributed by atoms with van der Waals surface area (Å²) in [6.07, 6.45) is 4.33. The summed E-state index contributed by atoms with van der Waals surface area (Å²) in [5, 5.41) is 0. The number of thiazole rings is 2. The predicted molar refractivity (Wildman–Crippen MR) is 144 cm³/mol. The van der Waals surface area contributed by atoms with Gasteiger partial charge in [-0.3, -0.25) is 18.7 Å². The second-order valence-corrected chi connectivity index (χ2v) is 11.1. The van der Waals surface area contributed by atoms with Crippen LogP contribution in [-0.2, 0) is 13.1 Å². The number of hydrogen-bond donors (Lipinski definition) is 0. The van der Waals surface area contributed by atoms with Crippen molar-refractivity contribution in [1.29, 1.82) is 0 Å². The number of aryl methyl sites for hydroxylation is 2. The molecular formula is C26H32N4O2S2. The maximum Gasteiger partial charge on any atom is 0.308 e. The molecule has 1 aliphatic rings. The van der Waals surface area contributed by atoms with Crippen LogP contribution in [0.3, 0.4) is 0 Å². The number of para-hydroxylation sites is 2. The van der Waals surface area contributed by atoms with E-state index in [1.54, 1.807) is 0 Å². The van der Waals surface area contributed by atoms with Crippen LogP contribution in [0.2, 0.25) is 0 Å². The Kier molecular flexibility index (Phi) is 7.59. The average molecular weight is 497 g/mol. The zero-order chi connectivity index (χ0) is 23.3. The zero-order valence-corrected chi connectivity index (χ0v) is 21.2. The van der Waals surface area contributed by atoms with Gasteiger partial charge < -0.3 is 9.80 Å². The van der Waals surface area contributed by atoms with E-state index in [2.05, 4.69) is 9.80 Å². The largest absolute Gasteiger partial charge is 0.308 e. The number of aromatic nitrogens is 2. The van der Waals surface area contributed by atoms with Crippen LogP contribution < -0.4 is 9.75 Å². The summed E-state index contributed by atoms with van der Waals surface area (Å²) in [4.78, 5) is 30.0. The normalized spacial score (nSPS) is 15.5. The highest BCUT2D eigenvalue weighted by atomic mass is 32.1. The van der Waals surface area contributed by atoms with Crippen LogP contribution in [-0.4, -0.2) is 58.2 Å². The summed E-state index contributed by atoms with van der Waals surface area (Å²) in [7, 11) is 0. The monoisotopic (exact) mass is 496 g/mol. The van der Waals surface area contributed by atoms with Crippen LogP contribution in [0.4, 0.5) is 0 Å². The summed E-state index contributed by atoms with van der Waals surface area (Å²) in [6, 6.07) is 16.2. The van der Waals surface area contributed by atoms with E-state index in [9.17, 15) is 9.59 Å². The first-order chi connectivity index (χ1) is 16.7. The molecular weight excluding hydrogens is 464 g/mol. The molecule has 34 heavy (non-hydrogen) atoms. The molecule has 0 bridgehead atoms. The van der Waals surface area contributed by atoms with Gasteiger partial charge in [0.15, 0.2) is 0 Å². The van der Waals surface area contributed by atoms with E-state index in [0.29, 0.717) is 0 Å². The van der Waals surface area contributed by atoms with Crippen molar-refractivity contribution in [2.24, 2.45) is 0 Å². The zero-order valence-electron chi connectivity index (χ0n) is 19.5. The van der Waals surface area contributed by atoms with Gasteiger partial charge in [-0.1, -0.05) is 46.9 Å². The second-order valence-electron chi connectivity index (χ2n) is 9.07. The molecule has 1 aliphatic heterocycles. The number of benzene rings is 2. The fraction of sp³-hybridized carbons (Fsp3) is 0.462. The SMILES string of the molecule is O=c1sc2ccccc2n1CCCCN1CCN(CCCCn2c(=O)sc3ccccc32)CC1. The van der Waals surface area contributed by atoms with E-state index in [1.165, 1.54) is 22.7 Å². The molecule has 5 rings (SSSR count). The molecule has 1 fully saturated rings. The van der Waals surface area contributed by atoms with Crippen molar-refractivity contribution in [3.8, 4) is 0 Å². The second kappa shape index (κ2) is 11.0. The highest BCUT2D eigenvalue weighted by Crippen LogP contribution is 2.18. The van der Waals surface area contributed by atoms with Gasteiger partial charge in [0.25, 0.3) is 0 Å². The van der Waals surface area contributed by atoms with E-state index >= 15 is 0 Å². The lowest BCUT2D eigenvalue weighted by molar-refractivity contribution is 0.128. The first-order valence-electron chi connectivity index (χ1n) is 12.3. The minimum atomic E-state index is 0.159. The third-order valence-electron chi connectivity index (χ3n) is 6.82. The van der Waals surface area contributed by atoms with E-state index in [4.69, 9.17) is 0 Å². The van der Waals surface area contributed by atoms with Gasteiger partial charge in [0.05, 0.1) is 20.4 Å². The maximum absolute atomic E-state index is 12.3. The van der Waals surface area contributed by atoms with Crippen LogP contribution >= 0.6 is 22.7 Å². The Bertz CT molecular complexity index is 1240. The van der Waals surface area contributed by atoms with Crippen molar-refractivity contribution in [3.05, 3.63) is 67.9 Å². The van der Waals surface area contributed by atoms with Crippen LogP contribution in [0.25, 0.3) is 20.4 Å². The Morgan fingerprint density at radius 3 is 1.38 bits per heavy atom. The number of hydrogen-bond acceptors (Lipinski definition) is 6. The van der Waals surface area contributed by atoms with Crippen molar-refractivity contribution >= 4 is 43.1 Å². The molecule has 0 N–H and O–H groups in total. The maximum atomic E-state index is 12.3. The van der Waals surface area contributed by atoms with Gasteiger partial charge in [-0.2, -0.15) is 0 Å². The van der Waals surface area contributed by atoms with Gasteiger partial charge >= 0.3 is 9.75 Å². The van der Waals surface area contributed by atoms with Gasteiger partial charge in [0.2, 0.25) is 0 Å². The van der Waals surface area contributed by atoms with Crippen LogP contribution in [0.15, 0.2) is 58.1 Å². The fourth-order valence-corrected chi connectivity index (χ4v) is 6.73. The highest BCUT2D eigenvalue weighted by Gasteiger charge is 2.16. The van der Waals surface area contributed by atoms with E-state index in [0.717, 1.165) is 98.5 Å². The molecule has 1 saturated heterocycles. The summed E-state index contributed by atoms with van der Waals surface area (Å²) < 4.78 is 6.04. The first kappa shape index (κ1) is 23.5. The molecule has 0 atom stereocenters. The van der Waals surface area contributed by atoms with Crippen molar-refractivity contribution < 1.29 is 0 Å². The minimum absolute atomic E-state index is 0.159. The average Bonchev–Trinajstić information content (AvgIpc) is 3.35. The van der Waals surface area contributed by atoms with Gasteiger partial charge in [0.1, 0.15) is 0 Å². The Morgan fingerprint density at radius 2 is 0.941 bits per heavy atom. The van der Waals surface area contributed by atoms with Crippen LogP contribution in [0.1, 0.15) is 25.7 Å². The number of nitrogens with zero attached hydrogens (tertiary/aromatic N) is 4. The molecule has 180 valence electrons. The lowest BCUT2D eigenvalue weighted by Gasteiger charge is -2.34. The molecule has 2 aromatic heterocycles. The fourth-order valence-electron chi connectivity index (χ4n) is 4.90. The number of piperazine rings is 1. The molecule has 3 heterocycles. The summed E-state index contributed by atoms with van der Waals surface area (Å²) in [6.45, 7) is 8.33. The number of fused-ring (bicyclic) bond motifs is 2. The quantitative estimate of drug-likeness (QED) is 0.307. The Balaban J connectivity index is 0.987. The summed E-state index contributed by atoms with van der Waals surface area (Å²) in [5.41, 5.74) is 2.14. The van der Waals surface area contributed by atoms with Crippen molar-refractivity contribution in [2.45, 2.75) is 38.8 Å². The molecule has 0 saturated carbocycles. The van der Waals surface area contributed by atoms with Crippen molar-refractivity contribution in [1.82, 2.24) is 18.9 Å². The molecule has 0 amide bonds.